The summed E-state index contributed by atoms with van der Waals surface area (Å²) in [5.74, 6) is 0.486. The van der Waals surface area contributed by atoms with E-state index in [9.17, 15) is 9.59 Å². The third-order valence-electron chi connectivity index (χ3n) is 3.56. The van der Waals surface area contributed by atoms with Gasteiger partial charge < -0.3 is 20.5 Å². The molecule has 0 aliphatic heterocycles. The van der Waals surface area contributed by atoms with E-state index in [1.807, 2.05) is 12.1 Å². The summed E-state index contributed by atoms with van der Waals surface area (Å²) >= 11 is 0. The molecule has 0 radical (unpaired) electrons. The standard InChI is InChI=1S/C18H20N2O4/c1-23-15-9-7-12(11-16(15)24-2)8-10-17(21)20-14-6-4-3-5-13(14)18(19)22/h3-7,9,11H,8,10H2,1-2H3,(H2,19,22)(H,20,21). The maximum atomic E-state index is 12.1. The molecule has 0 spiro atoms. The van der Waals surface area contributed by atoms with E-state index in [0.717, 1.165) is 5.56 Å². The number of aryl methyl sites for hydroxylation is 1. The number of methoxy groups -OCH3 is 2. The summed E-state index contributed by atoms with van der Waals surface area (Å²) in [6.07, 6.45) is 0.799. The van der Waals surface area contributed by atoms with Crippen LogP contribution in [0.1, 0.15) is 22.3 Å². The lowest BCUT2D eigenvalue weighted by molar-refractivity contribution is -0.116. The van der Waals surface area contributed by atoms with Crippen LogP contribution in [0.15, 0.2) is 42.5 Å². The Morgan fingerprint density at radius 3 is 2.42 bits per heavy atom. The first-order valence-electron chi connectivity index (χ1n) is 7.44. The van der Waals surface area contributed by atoms with Gasteiger partial charge in [0.1, 0.15) is 0 Å². The van der Waals surface area contributed by atoms with Crippen molar-refractivity contribution >= 4 is 17.5 Å². The molecule has 6 nitrogen and oxygen atoms in total. The molecule has 0 atom stereocenters. The largest absolute Gasteiger partial charge is 0.493 e. The molecule has 0 saturated carbocycles. The van der Waals surface area contributed by atoms with Crippen molar-refractivity contribution in [2.24, 2.45) is 5.73 Å². The van der Waals surface area contributed by atoms with Crippen molar-refractivity contribution < 1.29 is 19.1 Å². The van der Waals surface area contributed by atoms with Crippen molar-refractivity contribution in [2.45, 2.75) is 12.8 Å². The molecule has 126 valence electrons. The van der Waals surface area contributed by atoms with Crippen LogP contribution in [0.3, 0.4) is 0 Å². The van der Waals surface area contributed by atoms with E-state index >= 15 is 0 Å². The van der Waals surface area contributed by atoms with Gasteiger partial charge in [-0.1, -0.05) is 18.2 Å². The Labute approximate surface area is 140 Å². The van der Waals surface area contributed by atoms with E-state index in [1.165, 1.54) is 0 Å². The first-order chi connectivity index (χ1) is 11.5. The van der Waals surface area contributed by atoms with Crippen molar-refractivity contribution in [3.63, 3.8) is 0 Å². The number of nitrogens with two attached hydrogens (primary N) is 1. The molecule has 0 saturated heterocycles. The van der Waals surface area contributed by atoms with Gasteiger partial charge in [0.25, 0.3) is 5.91 Å². The third-order valence-corrected chi connectivity index (χ3v) is 3.56. The minimum absolute atomic E-state index is 0.196. The second-order valence-corrected chi connectivity index (χ2v) is 5.15. The van der Waals surface area contributed by atoms with Gasteiger partial charge >= 0.3 is 0 Å². The Morgan fingerprint density at radius 1 is 1.04 bits per heavy atom. The molecule has 0 fully saturated rings. The molecule has 0 heterocycles. The quantitative estimate of drug-likeness (QED) is 0.816. The number of hydrogen-bond donors (Lipinski definition) is 2. The Kier molecular flexibility index (Phi) is 5.78. The Bertz CT molecular complexity index is 744. The summed E-state index contributed by atoms with van der Waals surface area (Å²) in [6, 6.07) is 12.2. The molecule has 2 rings (SSSR count). The highest BCUT2D eigenvalue weighted by atomic mass is 16.5. The molecule has 0 bridgehead atoms. The molecule has 2 aromatic carbocycles. The number of nitrogens with one attached hydrogen (secondary N) is 1. The number of para-hydroxylation sites is 1. The van der Waals surface area contributed by atoms with Crippen LogP contribution in [0.2, 0.25) is 0 Å². The average Bonchev–Trinajstić information content (AvgIpc) is 2.59. The van der Waals surface area contributed by atoms with E-state index in [-0.39, 0.29) is 17.9 Å². The molecule has 0 unspecified atom stereocenters. The van der Waals surface area contributed by atoms with Crippen LogP contribution < -0.4 is 20.5 Å². The highest BCUT2D eigenvalue weighted by molar-refractivity contribution is 6.02. The van der Waals surface area contributed by atoms with Gasteiger partial charge in [-0.05, 0) is 36.2 Å². The van der Waals surface area contributed by atoms with Gasteiger partial charge in [-0.25, -0.2) is 0 Å². The number of carbonyl (C=O) groups excluding carboxylic acids is 2. The Balaban J connectivity index is 2.00. The number of ether oxygens (including phenoxy) is 2. The smallest absolute Gasteiger partial charge is 0.250 e. The van der Waals surface area contributed by atoms with Crippen LogP contribution in [-0.4, -0.2) is 26.0 Å². The number of amides is 2. The molecule has 0 aromatic heterocycles. The molecule has 6 heteroatoms. The fourth-order valence-corrected chi connectivity index (χ4v) is 2.31. The van der Waals surface area contributed by atoms with Gasteiger partial charge in [0.15, 0.2) is 11.5 Å². The molecule has 0 aliphatic rings. The fourth-order valence-electron chi connectivity index (χ4n) is 2.31. The number of primary amides is 1. The molecule has 3 N–H and O–H groups in total. The molecule has 2 aromatic rings. The van der Waals surface area contributed by atoms with Gasteiger partial charge in [-0.15, -0.1) is 0 Å². The minimum atomic E-state index is -0.578. The average molecular weight is 328 g/mol. The first kappa shape index (κ1) is 17.3. The minimum Gasteiger partial charge on any atom is -0.493 e. The zero-order valence-corrected chi connectivity index (χ0v) is 13.7. The lowest BCUT2D eigenvalue weighted by atomic mass is 10.1. The van der Waals surface area contributed by atoms with Crippen molar-refractivity contribution in [3.05, 3.63) is 53.6 Å². The third kappa shape index (κ3) is 4.25. The maximum absolute atomic E-state index is 12.1. The lowest BCUT2D eigenvalue weighted by Gasteiger charge is -2.10. The van der Waals surface area contributed by atoms with Crippen molar-refractivity contribution in [1.29, 1.82) is 0 Å². The van der Waals surface area contributed by atoms with Crippen LogP contribution in [0, 0.1) is 0 Å². The van der Waals surface area contributed by atoms with Gasteiger partial charge in [-0.3, -0.25) is 9.59 Å². The first-order valence-corrected chi connectivity index (χ1v) is 7.44. The molecule has 0 aliphatic carbocycles. The van der Waals surface area contributed by atoms with E-state index < -0.39 is 5.91 Å². The highest BCUT2D eigenvalue weighted by Gasteiger charge is 2.11. The summed E-state index contributed by atoms with van der Waals surface area (Å²) < 4.78 is 10.4. The number of carbonyl (C=O) groups is 2. The molecular weight excluding hydrogens is 308 g/mol. The Morgan fingerprint density at radius 2 is 1.75 bits per heavy atom. The normalized spacial score (nSPS) is 10.1. The number of hydrogen-bond acceptors (Lipinski definition) is 4. The van der Waals surface area contributed by atoms with Crippen LogP contribution in [0.5, 0.6) is 11.5 Å². The predicted molar refractivity (Wildman–Crippen MR) is 91.5 cm³/mol. The summed E-state index contributed by atoms with van der Waals surface area (Å²) in [5, 5.41) is 2.72. The topological polar surface area (TPSA) is 90.6 Å². The summed E-state index contributed by atoms with van der Waals surface area (Å²) in [7, 11) is 3.14. The second kappa shape index (κ2) is 8.01. The van der Waals surface area contributed by atoms with Gasteiger partial charge in [0, 0.05) is 6.42 Å². The monoisotopic (exact) mass is 328 g/mol. The molecule has 24 heavy (non-hydrogen) atoms. The van der Waals surface area contributed by atoms with Gasteiger partial charge in [0.05, 0.1) is 25.5 Å². The van der Waals surface area contributed by atoms with Gasteiger partial charge in [-0.2, -0.15) is 0 Å². The van der Waals surface area contributed by atoms with Crippen molar-refractivity contribution in [1.82, 2.24) is 0 Å². The number of benzene rings is 2. The fraction of sp³-hybridized carbons (Fsp3) is 0.222. The van der Waals surface area contributed by atoms with Crippen LogP contribution >= 0.6 is 0 Å². The van der Waals surface area contributed by atoms with Crippen LogP contribution in [0.4, 0.5) is 5.69 Å². The summed E-state index contributed by atoms with van der Waals surface area (Å²) in [6.45, 7) is 0. The van der Waals surface area contributed by atoms with E-state index in [1.54, 1.807) is 44.6 Å². The Hall–Kier alpha value is -3.02. The zero-order chi connectivity index (χ0) is 17.5. The van der Waals surface area contributed by atoms with Crippen molar-refractivity contribution in [2.75, 3.05) is 19.5 Å². The lowest BCUT2D eigenvalue weighted by Crippen LogP contribution is -2.18. The number of rotatable bonds is 7. The zero-order valence-electron chi connectivity index (χ0n) is 13.7. The summed E-state index contributed by atoms with van der Waals surface area (Å²) in [5.41, 5.74) is 6.96. The van der Waals surface area contributed by atoms with E-state index in [2.05, 4.69) is 5.32 Å². The second-order valence-electron chi connectivity index (χ2n) is 5.15. The van der Waals surface area contributed by atoms with Crippen LogP contribution in [-0.2, 0) is 11.2 Å². The molecular formula is C18H20N2O4. The maximum Gasteiger partial charge on any atom is 0.250 e. The number of anilines is 1. The highest BCUT2D eigenvalue weighted by Crippen LogP contribution is 2.28. The van der Waals surface area contributed by atoms with Crippen LogP contribution in [0.25, 0.3) is 0 Å². The van der Waals surface area contributed by atoms with E-state index in [0.29, 0.717) is 23.6 Å². The molecule has 2 amide bonds. The SMILES string of the molecule is COc1ccc(CCC(=O)Nc2ccccc2C(N)=O)cc1OC. The summed E-state index contributed by atoms with van der Waals surface area (Å²) in [4.78, 5) is 23.5. The van der Waals surface area contributed by atoms with E-state index in [4.69, 9.17) is 15.2 Å². The van der Waals surface area contributed by atoms with Gasteiger partial charge in [0.2, 0.25) is 5.91 Å². The van der Waals surface area contributed by atoms with Crippen molar-refractivity contribution in [3.8, 4) is 11.5 Å². The predicted octanol–water partition coefficient (Wildman–Crippen LogP) is 2.37.